The standard InChI is InChI=1S/C16H9F3N2O/c17-16(18,19)10-4-3-5-11(8-10)21-14(9-20)12-6-1-2-7-13(12)15(21)22/h1-8,14H. The van der Waals surface area contributed by atoms with Crippen LogP contribution in [0.2, 0.25) is 0 Å². The van der Waals surface area contributed by atoms with Gasteiger partial charge < -0.3 is 0 Å². The lowest BCUT2D eigenvalue weighted by Gasteiger charge is -2.21. The number of halogens is 3. The van der Waals surface area contributed by atoms with E-state index in [2.05, 4.69) is 0 Å². The zero-order valence-corrected chi connectivity index (χ0v) is 11.1. The van der Waals surface area contributed by atoms with Crippen molar-refractivity contribution in [2.24, 2.45) is 0 Å². The second kappa shape index (κ2) is 4.88. The van der Waals surface area contributed by atoms with Gasteiger partial charge in [0.1, 0.15) is 0 Å². The largest absolute Gasteiger partial charge is 0.416 e. The monoisotopic (exact) mass is 302 g/mol. The van der Waals surface area contributed by atoms with Gasteiger partial charge in [-0.2, -0.15) is 18.4 Å². The van der Waals surface area contributed by atoms with E-state index in [0.717, 1.165) is 17.0 Å². The van der Waals surface area contributed by atoms with Crippen molar-refractivity contribution in [2.45, 2.75) is 12.2 Å². The first-order valence-corrected chi connectivity index (χ1v) is 6.43. The summed E-state index contributed by atoms with van der Waals surface area (Å²) < 4.78 is 38.5. The third kappa shape index (κ3) is 2.11. The summed E-state index contributed by atoms with van der Waals surface area (Å²) in [4.78, 5) is 13.5. The molecule has 0 aliphatic carbocycles. The maximum Gasteiger partial charge on any atom is 0.416 e. The predicted molar refractivity (Wildman–Crippen MR) is 73.0 cm³/mol. The van der Waals surface area contributed by atoms with E-state index >= 15 is 0 Å². The lowest BCUT2D eigenvalue weighted by Crippen LogP contribution is -2.27. The minimum absolute atomic E-state index is 0.0579. The molecule has 1 aliphatic rings. The zero-order chi connectivity index (χ0) is 15.9. The molecule has 1 unspecified atom stereocenters. The summed E-state index contributed by atoms with van der Waals surface area (Å²) in [6.45, 7) is 0. The van der Waals surface area contributed by atoms with Crippen molar-refractivity contribution in [3.05, 3.63) is 65.2 Å². The summed E-state index contributed by atoms with van der Waals surface area (Å²) in [5.74, 6) is -0.471. The van der Waals surface area contributed by atoms with Gasteiger partial charge in [-0.25, -0.2) is 0 Å². The Hall–Kier alpha value is -2.81. The lowest BCUT2D eigenvalue weighted by atomic mass is 10.1. The number of alkyl halides is 3. The lowest BCUT2D eigenvalue weighted by molar-refractivity contribution is -0.137. The number of fused-ring (bicyclic) bond motifs is 1. The molecule has 110 valence electrons. The van der Waals surface area contributed by atoms with Crippen LogP contribution in [0.5, 0.6) is 0 Å². The fraction of sp³-hybridized carbons (Fsp3) is 0.125. The Morgan fingerprint density at radius 3 is 2.50 bits per heavy atom. The summed E-state index contributed by atoms with van der Waals surface area (Å²) in [7, 11) is 0. The second-order valence-electron chi connectivity index (χ2n) is 4.84. The van der Waals surface area contributed by atoms with Crippen LogP contribution in [0.25, 0.3) is 0 Å². The van der Waals surface area contributed by atoms with Crippen molar-refractivity contribution in [3.63, 3.8) is 0 Å². The summed E-state index contributed by atoms with van der Waals surface area (Å²) in [5, 5.41) is 9.33. The summed E-state index contributed by atoms with van der Waals surface area (Å²) >= 11 is 0. The van der Waals surface area contributed by atoms with E-state index < -0.39 is 23.7 Å². The summed E-state index contributed by atoms with van der Waals surface area (Å²) in [6, 6.07) is 12.0. The Kier molecular flexibility index (Phi) is 3.14. The number of amides is 1. The van der Waals surface area contributed by atoms with Crippen molar-refractivity contribution < 1.29 is 18.0 Å². The molecule has 22 heavy (non-hydrogen) atoms. The van der Waals surface area contributed by atoms with Crippen LogP contribution in [0.15, 0.2) is 48.5 Å². The Balaban J connectivity index is 2.10. The number of rotatable bonds is 1. The molecule has 0 saturated carbocycles. The van der Waals surface area contributed by atoms with Gasteiger partial charge in [0.2, 0.25) is 0 Å². The highest BCUT2D eigenvalue weighted by Crippen LogP contribution is 2.39. The average molecular weight is 302 g/mol. The van der Waals surface area contributed by atoms with Gasteiger partial charge in [0, 0.05) is 16.8 Å². The van der Waals surface area contributed by atoms with E-state index in [4.69, 9.17) is 0 Å². The van der Waals surface area contributed by atoms with E-state index in [9.17, 15) is 23.2 Å². The van der Waals surface area contributed by atoms with Crippen LogP contribution in [0, 0.1) is 11.3 Å². The topological polar surface area (TPSA) is 44.1 Å². The number of benzene rings is 2. The molecule has 0 aromatic heterocycles. The minimum atomic E-state index is -4.51. The fourth-order valence-electron chi connectivity index (χ4n) is 2.54. The number of anilines is 1. The number of hydrogen-bond acceptors (Lipinski definition) is 2. The van der Waals surface area contributed by atoms with Gasteiger partial charge in [-0.1, -0.05) is 24.3 Å². The number of nitriles is 1. The summed E-state index contributed by atoms with van der Waals surface area (Å²) in [6.07, 6.45) is -4.51. The maximum absolute atomic E-state index is 12.8. The van der Waals surface area contributed by atoms with Crippen LogP contribution in [0.4, 0.5) is 18.9 Å². The molecule has 1 heterocycles. The van der Waals surface area contributed by atoms with Crippen molar-refractivity contribution >= 4 is 11.6 Å². The van der Waals surface area contributed by atoms with Gasteiger partial charge in [0.05, 0.1) is 11.6 Å². The molecular formula is C16H9F3N2O. The van der Waals surface area contributed by atoms with Gasteiger partial charge in [-0.3, -0.25) is 9.69 Å². The third-order valence-corrected chi connectivity index (χ3v) is 3.54. The molecule has 3 nitrogen and oxygen atoms in total. The molecule has 1 atom stereocenters. The Bertz CT molecular complexity index is 792. The molecule has 3 rings (SSSR count). The molecule has 6 heteroatoms. The van der Waals surface area contributed by atoms with Gasteiger partial charge in [-0.05, 0) is 24.3 Å². The maximum atomic E-state index is 12.8. The van der Waals surface area contributed by atoms with Gasteiger partial charge in [0.25, 0.3) is 5.91 Å². The zero-order valence-electron chi connectivity index (χ0n) is 11.1. The van der Waals surface area contributed by atoms with E-state index in [0.29, 0.717) is 11.1 Å². The molecule has 0 radical (unpaired) electrons. The highest BCUT2D eigenvalue weighted by atomic mass is 19.4. The molecule has 1 amide bonds. The minimum Gasteiger partial charge on any atom is -0.288 e. The first kappa shape index (κ1) is 14.1. The predicted octanol–water partition coefficient (Wildman–Crippen LogP) is 3.93. The highest BCUT2D eigenvalue weighted by Gasteiger charge is 2.39. The SMILES string of the molecule is N#CC1c2ccccc2C(=O)N1c1cccc(C(F)(F)F)c1. The molecule has 0 spiro atoms. The van der Waals surface area contributed by atoms with Crippen LogP contribution in [-0.4, -0.2) is 5.91 Å². The molecular weight excluding hydrogens is 293 g/mol. The first-order valence-electron chi connectivity index (χ1n) is 6.43. The molecule has 0 fully saturated rings. The van der Waals surface area contributed by atoms with Gasteiger partial charge in [0.15, 0.2) is 6.04 Å². The molecule has 1 aliphatic heterocycles. The smallest absolute Gasteiger partial charge is 0.288 e. The van der Waals surface area contributed by atoms with E-state index in [-0.39, 0.29) is 5.69 Å². The number of hydrogen-bond donors (Lipinski definition) is 0. The van der Waals surface area contributed by atoms with Gasteiger partial charge >= 0.3 is 6.18 Å². The molecule has 2 aromatic carbocycles. The normalized spacial score (nSPS) is 17.3. The van der Waals surface area contributed by atoms with E-state index in [1.807, 2.05) is 6.07 Å². The van der Waals surface area contributed by atoms with Crippen LogP contribution < -0.4 is 4.90 Å². The quantitative estimate of drug-likeness (QED) is 0.801. The molecule has 0 bridgehead atoms. The number of nitrogens with zero attached hydrogens (tertiary/aromatic N) is 2. The van der Waals surface area contributed by atoms with Crippen LogP contribution in [0.3, 0.4) is 0 Å². The molecule has 0 saturated heterocycles. The number of carbonyl (C=O) groups excluding carboxylic acids is 1. The highest BCUT2D eigenvalue weighted by molar-refractivity contribution is 6.11. The molecule has 2 aromatic rings. The second-order valence-corrected chi connectivity index (χ2v) is 4.84. The van der Waals surface area contributed by atoms with Crippen molar-refractivity contribution in [2.75, 3.05) is 4.90 Å². The molecule has 0 N–H and O–H groups in total. The fourth-order valence-corrected chi connectivity index (χ4v) is 2.54. The van der Waals surface area contributed by atoms with Crippen molar-refractivity contribution in [1.29, 1.82) is 5.26 Å². The van der Waals surface area contributed by atoms with Gasteiger partial charge in [-0.15, -0.1) is 0 Å². The van der Waals surface area contributed by atoms with E-state index in [1.165, 1.54) is 12.1 Å². The number of carbonyl (C=O) groups is 1. The van der Waals surface area contributed by atoms with Crippen LogP contribution >= 0.6 is 0 Å². The van der Waals surface area contributed by atoms with E-state index in [1.54, 1.807) is 24.3 Å². The average Bonchev–Trinajstić information content (AvgIpc) is 2.79. The Morgan fingerprint density at radius 1 is 1.09 bits per heavy atom. The third-order valence-electron chi connectivity index (χ3n) is 3.54. The van der Waals surface area contributed by atoms with Crippen molar-refractivity contribution in [3.8, 4) is 6.07 Å². The Labute approximate surface area is 124 Å². The first-order chi connectivity index (χ1) is 10.4. The van der Waals surface area contributed by atoms with Crippen LogP contribution in [-0.2, 0) is 6.18 Å². The van der Waals surface area contributed by atoms with Crippen molar-refractivity contribution in [1.82, 2.24) is 0 Å². The Morgan fingerprint density at radius 2 is 1.82 bits per heavy atom. The van der Waals surface area contributed by atoms with Crippen LogP contribution in [0.1, 0.15) is 27.5 Å². The summed E-state index contributed by atoms with van der Waals surface area (Å²) in [5.41, 5.74) is 0.0481.